The normalized spacial score (nSPS) is 19.4. The van der Waals surface area contributed by atoms with Gasteiger partial charge >= 0.3 is 0 Å². The van der Waals surface area contributed by atoms with Crippen molar-refractivity contribution in [2.75, 3.05) is 33.4 Å². The van der Waals surface area contributed by atoms with Gasteiger partial charge in [-0.25, -0.2) is 0 Å². The molecule has 0 radical (unpaired) electrons. The van der Waals surface area contributed by atoms with Crippen molar-refractivity contribution in [2.45, 2.75) is 44.6 Å². The molecule has 3 heteroatoms. The highest BCUT2D eigenvalue weighted by Gasteiger charge is 2.16. The lowest BCUT2D eigenvalue weighted by Crippen LogP contribution is -2.34. The van der Waals surface area contributed by atoms with Gasteiger partial charge in [-0.3, -0.25) is 0 Å². The molecule has 3 nitrogen and oxygen atoms in total. The third-order valence-electron chi connectivity index (χ3n) is 3.30. The first-order valence-corrected chi connectivity index (χ1v) is 6.32. The fourth-order valence-electron chi connectivity index (χ4n) is 2.28. The minimum atomic E-state index is 0.632. The summed E-state index contributed by atoms with van der Waals surface area (Å²) in [7, 11) is 2.22. The summed E-state index contributed by atoms with van der Waals surface area (Å²) in [4.78, 5) is 2.46. The van der Waals surface area contributed by atoms with Gasteiger partial charge in [0.05, 0.1) is 13.2 Å². The van der Waals surface area contributed by atoms with Gasteiger partial charge in [0.2, 0.25) is 0 Å². The van der Waals surface area contributed by atoms with Gasteiger partial charge in [-0.1, -0.05) is 25.7 Å². The highest BCUT2D eigenvalue weighted by molar-refractivity contribution is 4.72. The van der Waals surface area contributed by atoms with Gasteiger partial charge in [-0.05, 0) is 19.9 Å². The molecule has 2 N–H and O–H groups in total. The maximum atomic E-state index is 5.41. The number of rotatable bonds is 6. The van der Waals surface area contributed by atoms with Crippen LogP contribution in [0.4, 0.5) is 0 Å². The molecule has 90 valence electrons. The summed E-state index contributed by atoms with van der Waals surface area (Å²) in [6.45, 7) is 3.19. The number of hydrogen-bond acceptors (Lipinski definition) is 3. The topological polar surface area (TPSA) is 38.5 Å². The molecule has 0 saturated heterocycles. The summed E-state index contributed by atoms with van der Waals surface area (Å²) >= 11 is 0. The first-order chi connectivity index (χ1) is 7.34. The highest BCUT2D eigenvalue weighted by atomic mass is 16.5. The minimum absolute atomic E-state index is 0.632. The van der Waals surface area contributed by atoms with Crippen LogP contribution in [-0.4, -0.2) is 44.3 Å². The van der Waals surface area contributed by atoms with Crippen LogP contribution in [0.3, 0.4) is 0 Å². The summed E-state index contributed by atoms with van der Waals surface area (Å²) in [5, 5.41) is 0. The minimum Gasteiger partial charge on any atom is -0.379 e. The number of ether oxygens (including phenoxy) is 1. The molecule has 15 heavy (non-hydrogen) atoms. The SMILES string of the molecule is CN(CCOCCN)C1CCCCCC1. The number of likely N-dealkylation sites (N-methyl/N-ethyl adjacent to an activating group) is 1. The third-order valence-corrected chi connectivity index (χ3v) is 3.30. The van der Waals surface area contributed by atoms with E-state index < -0.39 is 0 Å². The molecule has 1 fully saturated rings. The Kier molecular flexibility index (Phi) is 6.98. The van der Waals surface area contributed by atoms with Crippen molar-refractivity contribution in [3.8, 4) is 0 Å². The first kappa shape index (κ1) is 12.9. The second-order valence-corrected chi connectivity index (χ2v) is 4.53. The molecule has 0 aliphatic heterocycles. The molecule has 0 bridgehead atoms. The Morgan fingerprint density at radius 1 is 1.13 bits per heavy atom. The summed E-state index contributed by atoms with van der Waals surface area (Å²) in [5.41, 5.74) is 5.37. The molecule has 0 heterocycles. The quantitative estimate of drug-likeness (QED) is 0.539. The van der Waals surface area contributed by atoms with Crippen molar-refractivity contribution in [1.82, 2.24) is 4.90 Å². The van der Waals surface area contributed by atoms with E-state index in [4.69, 9.17) is 10.5 Å². The molecule has 1 rings (SSSR count). The predicted molar refractivity (Wildman–Crippen MR) is 64.0 cm³/mol. The smallest absolute Gasteiger partial charge is 0.0594 e. The van der Waals surface area contributed by atoms with E-state index in [1.807, 2.05) is 0 Å². The van der Waals surface area contributed by atoms with Crippen LogP contribution in [0.25, 0.3) is 0 Å². The van der Waals surface area contributed by atoms with Gasteiger partial charge in [0.1, 0.15) is 0 Å². The molecule has 0 aromatic rings. The van der Waals surface area contributed by atoms with Crippen molar-refractivity contribution in [3.63, 3.8) is 0 Å². The Labute approximate surface area is 94.0 Å². The van der Waals surface area contributed by atoms with Crippen LogP contribution in [0, 0.1) is 0 Å². The molecule has 0 atom stereocenters. The van der Waals surface area contributed by atoms with Crippen molar-refractivity contribution >= 4 is 0 Å². The third kappa shape index (κ3) is 5.50. The molecule has 0 unspecified atom stereocenters. The largest absolute Gasteiger partial charge is 0.379 e. The average Bonchev–Trinajstić information content (AvgIpc) is 2.52. The zero-order chi connectivity index (χ0) is 10.9. The Morgan fingerprint density at radius 3 is 2.40 bits per heavy atom. The van der Waals surface area contributed by atoms with Crippen LogP contribution in [0.15, 0.2) is 0 Å². The van der Waals surface area contributed by atoms with E-state index >= 15 is 0 Å². The van der Waals surface area contributed by atoms with Gasteiger partial charge in [-0.2, -0.15) is 0 Å². The lowest BCUT2D eigenvalue weighted by Gasteiger charge is -2.26. The van der Waals surface area contributed by atoms with Crippen LogP contribution in [0.5, 0.6) is 0 Å². The van der Waals surface area contributed by atoms with E-state index in [-0.39, 0.29) is 0 Å². The molecule has 0 spiro atoms. The summed E-state index contributed by atoms with van der Waals surface area (Å²) in [5.74, 6) is 0. The molecule has 1 aliphatic rings. The molecular weight excluding hydrogens is 188 g/mol. The van der Waals surface area contributed by atoms with E-state index in [0.29, 0.717) is 13.2 Å². The van der Waals surface area contributed by atoms with E-state index in [9.17, 15) is 0 Å². The summed E-state index contributed by atoms with van der Waals surface area (Å²) < 4.78 is 5.41. The van der Waals surface area contributed by atoms with Crippen molar-refractivity contribution in [2.24, 2.45) is 5.73 Å². The van der Waals surface area contributed by atoms with Gasteiger partial charge in [0.25, 0.3) is 0 Å². The molecule has 0 aromatic carbocycles. The number of hydrogen-bond donors (Lipinski definition) is 1. The number of nitrogens with two attached hydrogens (primary N) is 1. The molecule has 0 aromatic heterocycles. The predicted octanol–water partition coefficient (Wildman–Crippen LogP) is 1.62. The van der Waals surface area contributed by atoms with E-state index in [0.717, 1.165) is 19.2 Å². The Morgan fingerprint density at radius 2 is 1.80 bits per heavy atom. The molecule has 1 aliphatic carbocycles. The maximum Gasteiger partial charge on any atom is 0.0594 e. The first-order valence-electron chi connectivity index (χ1n) is 6.32. The van der Waals surface area contributed by atoms with Crippen LogP contribution < -0.4 is 5.73 Å². The van der Waals surface area contributed by atoms with Crippen LogP contribution in [0.2, 0.25) is 0 Å². The van der Waals surface area contributed by atoms with E-state index in [1.165, 1.54) is 38.5 Å². The Bertz CT molecular complexity index is 145. The molecule has 1 saturated carbocycles. The lowest BCUT2D eigenvalue weighted by atomic mass is 10.1. The standard InChI is InChI=1S/C12H26N2O/c1-14(9-11-15-10-8-13)12-6-4-2-3-5-7-12/h12H,2-11,13H2,1H3. The van der Waals surface area contributed by atoms with Crippen molar-refractivity contribution in [3.05, 3.63) is 0 Å². The second-order valence-electron chi connectivity index (χ2n) is 4.53. The molecule has 0 amide bonds. The zero-order valence-electron chi connectivity index (χ0n) is 10.1. The Balaban J connectivity index is 2.11. The maximum absolute atomic E-state index is 5.41. The van der Waals surface area contributed by atoms with Crippen LogP contribution in [-0.2, 0) is 4.74 Å². The zero-order valence-corrected chi connectivity index (χ0v) is 10.1. The second kappa shape index (κ2) is 8.08. The Hall–Kier alpha value is -0.120. The van der Waals surface area contributed by atoms with Crippen LogP contribution >= 0.6 is 0 Å². The highest BCUT2D eigenvalue weighted by Crippen LogP contribution is 2.20. The molecular formula is C12H26N2O. The van der Waals surface area contributed by atoms with Crippen molar-refractivity contribution in [1.29, 1.82) is 0 Å². The van der Waals surface area contributed by atoms with Gasteiger partial charge in [-0.15, -0.1) is 0 Å². The lowest BCUT2D eigenvalue weighted by molar-refractivity contribution is 0.0997. The summed E-state index contributed by atoms with van der Waals surface area (Å²) in [6.07, 6.45) is 8.39. The van der Waals surface area contributed by atoms with Crippen molar-refractivity contribution < 1.29 is 4.74 Å². The van der Waals surface area contributed by atoms with Crippen LogP contribution in [0.1, 0.15) is 38.5 Å². The monoisotopic (exact) mass is 214 g/mol. The average molecular weight is 214 g/mol. The van der Waals surface area contributed by atoms with E-state index in [2.05, 4.69) is 11.9 Å². The van der Waals surface area contributed by atoms with E-state index in [1.54, 1.807) is 0 Å². The van der Waals surface area contributed by atoms with Gasteiger partial charge < -0.3 is 15.4 Å². The van der Waals surface area contributed by atoms with Gasteiger partial charge in [0.15, 0.2) is 0 Å². The fourth-order valence-corrected chi connectivity index (χ4v) is 2.28. The summed E-state index contributed by atoms with van der Waals surface area (Å²) in [6, 6.07) is 0.786. The van der Waals surface area contributed by atoms with Gasteiger partial charge in [0, 0.05) is 19.1 Å². The number of nitrogens with zero attached hydrogens (tertiary/aromatic N) is 1. The fraction of sp³-hybridized carbons (Fsp3) is 1.00.